The molecule has 18 heavy (non-hydrogen) atoms. The SMILES string of the molecule is CCOC(=O)c1cc(OC)c(C#N)cc1C(F)F. The molecule has 0 aliphatic rings. The number of esters is 1. The van der Waals surface area contributed by atoms with E-state index in [9.17, 15) is 13.6 Å². The van der Waals surface area contributed by atoms with Gasteiger partial charge < -0.3 is 9.47 Å². The molecule has 0 amide bonds. The van der Waals surface area contributed by atoms with Crippen LogP contribution in [-0.4, -0.2) is 19.7 Å². The van der Waals surface area contributed by atoms with Crippen LogP contribution in [0.5, 0.6) is 5.75 Å². The van der Waals surface area contributed by atoms with Crippen LogP contribution in [0.2, 0.25) is 0 Å². The summed E-state index contributed by atoms with van der Waals surface area (Å²) in [5, 5.41) is 8.80. The Labute approximate surface area is 103 Å². The van der Waals surface area contributed by atoms with Crippen molar-refractivity contribution in [3.63, 3.8) is 0 Å². The maximum Gasteiger partial charge on any atom is 0.338 e. The minimum Gasteiger partial charge on any atom is -0.495 e. The molecule has 0 unspecified atom stereocenters. The zero-order chi connectivity index (χ0) is 13.7. The van der Waals surface area contributed by atoms with Crippen LogP contribution in [-0.2, 0) is 4.74 Å². The van der Waals surface area contributed by atoms with Crippen molar-refractivity contribution in [3.05, 3.63) is 28.8 Å². The Balaban J connectivity index is 3.39. The fourth-order valence-corrected chi connectivity index (χ4v) is 1.42. The molecule has 0 aliphatic carbocycles. The number of nitrogens with zero attached hydrogens (tertiary/aromatic N) is 1. The molecule has 96 valence electrons. The summed E-state index contributed by atoms with van der Waals surface area (Å²) in [7, 11) is 1.28. The molecule has 0 saturated carbocycles. The first-order valence-electron chi connectivity index (χ1n) is 5.12. The van der Waals surface area contributed by atoms with E-state index in [-0.39, 0.29) is 23.5 Å². The molecule has 0 spiro atoms. The van der Waals surface area contributed by atoms with Crippen molar-refractivity contribution < 1.29 is 23.0 Å². The van der Waals surface area contributed by atoms with Gasteiger partial charge in [0.15, 0.2) is 0 Å². The van der Waals surface area contributed by atoms with Gasteiger partial charge in [0.2, 0.25) is 0 Å². The topological polar surface area (TPSA) is 59.3 Å². The summed E-state index contributed by atoms with van der Waals surface area (Å²) in [4.78, 5) is 11.5. The van der Waals surface area contributed by atoms with Crippen LogP contribution in [0, 0.1) is 11.3 Å². The quantitative estimate of drug-likeness (QED) is 0.776. The monoisotopic (exact) mass is 255 g/mol. The number of hydrogen-bond acceptors (Lipinski definition) is 4. The lowest BCUT2D eigenvalue weighted by Crippen LogP contribution is -2.09. The van der Waals surface area contributed by atoms with Gasteiger partial charge in [-0.15, -0.1) is 0 Å². The van der Waals surface area contributed by atoms with Crippen LogP contribution in [0.3, 0.4) is 0 Å². The number of carbonyl (C=O) groups is 1. The van der Waals surface area contributed by atoms with E-state index in [0.717, 1.165) is 12.1 Å². The molecule has 0 N–H and O–H groups in total. The largest absolute Gasteiger partial charge is 0.495 e. The molecule has 1 rings (SSSR count). The smallest absolute Gasteiger partial charge is 0.338 e. The Hall–Kier alpha value is -2.16. The third kappa shape index (κ3) is 2.74. The maximum absolute atomic E-state index is 12.8. The number of halogens is 2. The number of ether oxygens (including phenoxy) is 2. The van der Waals surface area contributed by atoms with Crippen LogP contribution < -0.4 is 4.74 Å². The number of methoxy groups -OCH3 is 1. The highest BCUT2D eigenvalue weighted by atomic mass is 19.3. The third-order valence-electron chi connectivity index (χ3n) is 2.22. The van der Waals surface area contributed by atoms with Gasteiger partial charge in [-0.1, -0.05) is 0 Å². The summed E-state index contributed by atoms with van der Waals surface area (Å²) in [5.74, 6) is -0.805. The van der Waals surface area contributed by atoms with Gasteiger partial charge >= 0.3 is 5.97 Å². The molecular weight excluding hydrogens is 244 g/mol. The average Bonchev–Trinajstić information content (AvgIpc) is 2.37. The lowest BCUT2D eigenvalue weighted by Gasteiger charge is -2.11. The minimum absolute atomic E-state index is 0.0548. The zero-order valence-corrected chi connectivity index (χ0v) is 9.87. The van der Waals surface area contributed by atoms with Gasteiger partial charge in [-0.2, -0.15) is 5.26 Å². The molecule has 4 nitrogen and oxygen atoms in total. The second kappa shape index (κ2) is 5.96. The standard InChI is InChI=1S/C12H11F2NO3/c1-3-18-12(16)9-5-10(17-2)7(6-15)4-8(9)11(13)14/h4-5,11H,3H2,1-2H3. The number of alkyl halides is 2. The van der Waals surface area contributed by atoms with E-state index in [1.54, 1.807) is 13.0 Å². The number of hydrogen-bond donors (Lipinski definition) is 0. The highest BCUT2D eigenvalue weighted by Crippen LogP contribution is 2.30. The highest BCUT2D eigenvalue weighted by Gasteiger charge is 2.22. The third-order valence-corrected chi connectivity index (χ3v) is 2.22. The minimum atomic E-state index is -2.87. The lowest BCUT2D eigenvalue weighted by atomic mass is 10.0. The van der Waals surface area contributed by atoms with Gasteiger partial charge in [0.25, 0.3) is 6.43 Å². The first-order chi connectivity index (χ1) is 8.54. The molecule has 0 aliphatic heterocycles. The summed E-state index contributed by atoms with van der Waals surface area (Å²) in [6.07, 6.45) is -2.87. The van der Waals surface area contributed by atoms with Gasteiger partial charge in [-0.3, -0.25) is 0 Å². The molecule has 0 saturated heterocycles. The molecule has 0 bridgehead atoms. The Morgan fingerprint density at radius 2 is 2.17 bits per heavy atom. The van der Waals surface area contributed by atoms with Crippen molar-refractivity contribution >= 4 is 5.97 Å². The van der Waals surface area contributed by atoms with Gasteiger partial charge in [0, 0.05) is 5.56 Å². The van der Waals surface area contributed by atoms with Crippen LogP contribution in [0.25, 0.3) is 0 Å². The number of nitriles is 1. The number of carbonyl (C=O) groups excluding carboxylic acids is 1. The Morgan fingerprint density at radius 3 is 2.61 bits per heavy atom. The van der Waals surface area contributed by atoms with Crippen molar-refractivity contribution in [2.45, 2.75) is 13.3 Å². The number of benzene rings is 1. The van der Waals surface area contributed by atoms with Gasteiger partial charge in [0.05, 0.1) is 24.8 Å². The van der Waals surface area contributed by atoms with E-state index >= 15 is 0 Å². The van der Waals surface area contributed by atoms with Crippen LogP contribution in [0.1, 0.15) is 34.8 Å². The highest BCUT2D eigenvalue weighted by molar-refractivity contribution is 5.92. The summed E-state index contributed by atoms with van der Waals surface area (Å²) >= 11 is 0. The molecule has 0 aromatic heterocycles. The van der Waals surface area contributed by atoms with E-state index in [4.69, 9.17) is 10.00 Å². The Kier molecular flexibility index (Phi) is 4.60. The Morgan fingerprint density at radius 1 is 1.50 bits per heavy atom. The van der Waals surface area contributed by atoms with Gasteiger partial charge in [-0.05, 0) is 19.1 Å². The van der Waals surface area contributed by atoms with E-state index in [1.807, 2.05) is 0 Å². The van der Waals surface area contributed by atoms with Crippen LogP contribution in [0.4, 0.5) is 8.78 Å². The van der Waals surface area contributed by atoms with Gasteiger partial charge in [0.1, 0.15) is 11.8 Å². The van der Waals surface area contributed by atoms with Crippen LogP contribution in [0.15, 0.2) is 12.1 Å². The summed E-state index contributed by atoms with van der Waals surface area (Å²) in [5.41, 5.74) is -0.880. The molecule has 1 aromatic carbocycles. The molecule has 0 radical (unpaired) electrons. The molecule has 0 fully saturated rings. The lowest BCUT2D eigenvalue weighted by molar-refractivity contribution is 0.0515. The fraction of sp³-hybridized carbons (Fsp3) is 0.333. The summed E-state index contributed by atoms with van der Waals surface area (Å²) in [6, 6.07) is 3.76. The molecular formula is C12H11F2NO3. The summed E-state index contributed by atoms with van der Waals surface area (Å²) < 4.78 is 35.2. The number of rotatable bonds is 4. The normalized spacial score (nSPS) is 10.0. The maximum atomic E-state index is 12.8. The summed E-state index contributed by atoms with van der Waals surface area (Å²) in [6.45, 7) is 1.64. The first-order valence-corrected chi connectivity index (χ1v) is 5.12. The second-order valence-corrected chi connectivity index (χ2v) is 3.27. The molecule has 6 heteroatoms. The fourth-order valence-electron chi connectivity index (χ4n) is 1.42. The van der Waals surface area contributed by atoms with E-state index in [1.165, 1.54) is 7.11 Å². The molecule has 0 atom stereocenters. The zero-order valence-electron chi connectivity index (χ0n) is 9.87. The Bertz CT molecular complexity index is 495. The average molecular weight is 255 g/mol. The molecule has 0 heterocycles. The van der Waals surface area contributed by atoms with E-state index in [0.29, 0.717) is 0 Å². The van der Waals surface area contributed by atoms with Crippen molar-refractivity contribution in [1.29, 1.82) is 5.26 Å². The molecule has 1 aromatic rings. The van der Waals surface area contributed by atoms with Gasteiger partial charge in [-0.25, -0.2) is 13.6 Å². The second-order valence-electron chi connectivity index (χ2n) is 3.27. The van der Waals surface area contributed by atoms with E-state index < -0.39 is 18.0 Å². The van der Waals surface area contributed by atoms with Crippen molar-refractivity contribution in [2.75, 3.05) is 13.7 Å². The van der Waals surface area contributed by atoms with Crippen molar-refractivity contribution in [2.24, 2.45) is 0 Å². The predicted octanol–water partition coefficient (Wildman–Crippen LogP) is 2.68. The first kappa shape index (κ1) is 13.9. The van der Waals surface area contributed by atoms with E-state index in [2.05, 4.69) is 4.74 Å². The van der Waals surface area contributed by atoms with Crippen LogP contribution >= 0.6 is 0 Å². The predicted molar refractivity (Wildman–Crippen MR) is 58.6 cm³/mol. The van der Waals surface area contributed by atoms with Crippen molar-refractivity contribution in [1.82, 2.24) is 0 Å². The van der Waals surface area contributed by atoms with Crippen molar-refractivity contribution in [3.8, 4) is 11.8 Å².